The number of methoxy groups -OCH3 is 1. The molecule has 0 saturated carbocycles. The Bertz CT molecular complexity index is 1570. The van der Waals surface area contributed by atoms with Gasteiger partial charge in [-0.2, -0.15) is 9.46 Å². The van der Waals surface area contributed by atoms with Crippen LogP contribution in [-0.4, -0.2) is 55.6 Å². The number of amides is 1. The molecule has 1 N–H and O–H groups in total. The number of hydrogen-bond donors (Lipinski definition) is 1. The van der Waals surface area contributed by atoms with Crippen LogP contribution < -0.4 is 10.1 Å². The molecule has 2 atom stereocenters. The first-order valence-corrected chi connectivity index (χ1v) is 13.4. The molecule has 4 rings (SSSR count). The number of benzene rings is 1. The molecule has 196 valence electrons. The van der Waals surface area contributed by atoms with E-state index in [2.05, 4.69) is 24.9 Å². The van der Waals surface area contributed by atoms with Gasteiger partial charge in [-0.15, -0.1) is 0 Å². The third kappa shape index (κ3) is 5.94. The van der Waals surface area contributed by atoms with Crippen LogP contribution in [0.3, 0.4) is 0 Å². The number of rotatable bonds is 9. The molecule has 0 aliphatic heterocycles. The molecular weight excluding hydrogens is 503 g/mol. The SMILES string of the molecule is COCCS(C)(=O)=NC(=O)c1cn2ncnc(Nc3ccc(F)cc3O[C@H](C)c3cc(C)no3)c2c1C. The predicted molar refractivity (Wildman–Crippen MR) is 135 cm³/mol. The van der Waals surface area contributed by atoms with Crippen LogP contribution in [-0.2, 0) is 14.5 Å². The molecule has 1 aromatic carbocycles. The van der Waals surface area contributed by atoms with E-state index in [1.807, 2.05) is 0 Å². The molecule has 3 aromatic heterocycles. The van der Waals surface area contributed by atoms with E-state index in [9.17, 15) is 13.4 Å². The maximum atomic E-state index is 14.1. The van der Waals surface area contributed by atoms with Gasteiger partial charge in [-0.1, -0.05) is 5.16 Å². The summed E-state index contributed by atoms with van der Waals surface area (Å²) < 4.78 is 48.3. The van der Waals surface area contributed by atoms with Crippen molar-refractivity contribution in [3.63, 3.8) is 0 Å². The fourth-order valence-electron chi connectivity index (χ4n) is 3.62. The van der Waals surface area contributed by atoms with Gasteiger partial charge in [-0.05, 0) is 38.5 Å². The molecule has 0 bridgehead atoms. The maximum Gasteiger partial charge on any atom is 0.286 e. The fourth-order valence-corrected chi connectivity index (χ4v) is 4.64. The summed E-state index contributed by atoms with van der Waals surface area (Å²) in [6.45, 7) is 5.49. The topological polar surface area (TPSA) is 133 Å². The Morgan fingerprint density at radius 3 is 2.81 bits per heavy atom. The van der Waals surface area contributed by atoms with Crippen molar-refractivity contribution in [1.29, 1.82) is 0 Å². The lowest BCUT2D eigenvalue weighted by Gasteiger charge is -2.17. The number of carbonyl (C=O) groups excluding carboxylic acids is 1. The minimum absolute atomic E-state index is 0.133. The number of carbonyl (C=O) groups is 1. The van der Waals surface area contributed by atoms with E-state index < -0.39 is 27.6 Å². The zero-order valence-corrected chi connectivity index (χ0v) is 21.8. The fraction of sp³-hybridized carbons (Fsp3) is 0.333. The van der Waals surface area contributed by atoms with Crippen LogP contribution in [0.5, 0.6) is 5.75 Å². The average molecular weight is 531 g/mol. The molecule has 11 nitrogen and oxygen atoms in total. The van der Waals surface area contributed by atoms with Gasteiger partial charge in [0.15, 0.2) is 17.7 Å². The van der Waals surface area contributed by atoms with Gasteiger partial charge in [0.25, 0.3) is 5.91 Å². The minimum atomic E-state index is -2.77. The van der Waals surface area contributed by atoms with E-state index in [0.29, 0.717) is 34.0 Å². The van der Waals surface area contributed by atoms with E-state index in [1.54, 1.807) is 26.8 Å². The van der Waals surface area contributed by atoms with Crippen LogP contribution in [0, 0.1) is 19.7 Å². The third-order valence-electron chi connectivity index (χ3n) is 5.55. The van der Waals surface area contributed by atoms with Crippen LogP contribution in [0.4, 0.5) is 15.9 Å². The molecule has 0 aliphatic rings. The summed E-state index contributed by atoms with van der Waals surface area (Å²) in [7, 11) is -1.28. The largest absolute Gasteiger partial charge is 0.480 e. The van der Waals surface area contributed by atoms with E-state index in [4.69, 9.17) is 14.0 Å². The number of nitrogens with one attached hydrogen (secondary N) is 1. The summed E-state index contributed by atoms with van der Waals surface area (Å²) >= 11 is 0. The van der Waals surface area contributed by atoms with Gasteiger partial charge < -0.3 is 19.3 Å². The monoisotopic (exact) mass is 530 g/mol. The Kier molecular flexibility index (Phi) is 7.55. The lowest BCUT2D eigenvalue weighted by atomic mass is 10.2. The maximum absolute atomic E-state index is 14.1. The first-order chi connectivity index (χ1) is 17.6. The minimum Gasteiger partial charge on any atom is -0.480 e. The van der Waals surface area contributed by atoms with Crippen LogP contribution in [0.15, 0.2) is 45.7 Å². The highest BCUT2D eigenvalue weighted by Gasteiger charge is 2.21. The van der Waals surface area contributed by atoms with E-state index in [0.717, 1.165) is 0 Å². The van der Waals surface area contributed by atoms with Gasteiger partial charge in [0.1, 0.15) is 23.4 Å². The van der Waals surface area contributed by atoms with Gasteiger partial charge in [0.2, 0.25) is 0 Å². The summed E-state index contributed by atoms with van der Waals surface area (Å²) in [5, 5.41) is 11.2. The molecule has 0 fully saturated rings. The summed E-state index contributed by atoms with van der Waals surface area (Å²) in [6, 6.07) is 5.79. The highest BCUT2D eigenvalue weighted by molar-refractivity contribution is 7.93. The van der Waals surface area contributed by atoms with E-state index in [-0.39, 0.29) is 23.7 Å². The Morgan fingerprint density at radius 1 is 1.32 bits per heavy atom. The van der Waals surface area contributed by atoms with Gasteiger partial charge in [-0.25, -0.2) is 18.1 Å². The van der Waals surface area contributed by atoms with Crippen molar-refractivity contribution < 1.29 is 27.4 Å². The Hall–Kier alpha value is -3.84. The van der Waals surface area contributed by atoms with Gasteiger partial charge in [0.05, 0.1) is 39.0 Å². The third-order valence-corrected chi connectivity index (χ3v) is 7.02. The van der Waals surface area contributed by atoms with Crippen molar-refractivity contribution in [2.75, 3.05) is 31.0 Å². The first kappa shape index (κ1) is 26.2. The van der Waals surface area contributed by atoms with E-state index in [1.165, 1.54) is 48.6 Å². The summed E-state index contributed by atoms with van der Waals surface area (Å²) in [4.78, 5) is 17.2. The standard InChI is InChI=1S/C24H27FN6O5S/c1-14-10-20(36-29-14)16(3)35-21-11-17(25)6-7-19(21)28-23-22-15(2)18(12-31(22)27-13-26-23)24(32)30-37(5,33)9-8-34-4/h6-7,10-13,16H,8-9H2,1-5H3,(H,26,27,28)/t16-,37?/m1/s1. The van der Waals surface area contributed by atoms with Crippen molar-refractivity contribution in [3.8, 4) is 5.75 Å². The zero-order valence-electron chi connectivity index (χ0n) is 21.0. The average Bonchev–Trinajstić information content (AvgIpc) is 3.43. The number of fused-ring (bicyclic) bond motifs is 1. The summed E-state index contributed by atoms with van der Waals surface area (Å²) in [5.41, 5.74) is 2.40. The number of aromatic nitrogens is 4. The van der Waals surface area contributed by atoms with Crippen LogP contribution >= 0.6 is 0 Å². The number of nitrogens with zero attached hydrogens (tertiary/aromatic N) is 5. The molecule has 37 heavy (non-hydrogen) atoms. The highest BCUT2D eigenvalue weighted by Crippen LogP contribution is 2.34. The highest BCUT2D eigenvalue weighted by atomic mass is 32.2. The van der Waals surface area contributed by atoms with Crippen molar-refractivity contribution in [1.82, 2.24) is 19.8 Å². The second-order valence-corrected chi connectivity index (χ2v) is 11.0. The molecule has 13 heteroatoms. The lowest BCUT2D eigenvalue weighted by molar-refractivity contribution is 0.100. The molecule has 0 aliphatic carbocycles. The summed E-state index contributed by atoms with van der Waals surface area (Å²) in [6.07, 6.45) is 3.69. The second-order valence-electron chi connectivity index (χ2n) is 8.52. The Labute approximate surface area is 213 Å². The molecule has 4 aromatic rings. The number of anilines is 2. The number of hydrogen-bond acceptors (Lipinski definition) is 9. The van der Waals surface area contributed by atoms with Crippen LogP contribution in [0.2, 0.25) is 0 Å². The summed E-state index contributed by atoms with van der Waals surface area (Å²) in [5.74, 6) is 0.0806. The van der Waals surface area contributed by atoms with Crippen molar-refractivity contribution in [2.24, 2.45) is 4.36 Å². The van der Waals surface area contributed by atoms with Crippen molar-refractivity contribution in [3.05, 3.63) is 65.2 Å². The molecule has 0 spiro atoms. The number of aryl methyl sites for hydroxylation is 2. The Balaban J connectivity index is 1.68. The zero-order chi connectivity index (χ0) is 26.7. The number of halogens is 1. The Morgan fingerprint density at radius 2 is 2.11 bits per heavy atom. The van der Waals surface area contributed by atoms with Gasteiger partial charge >= 0.3 is 0 Å². The van der Waals surface area contributed by atoms with E-state index >= 15 is 0 Å². The molecule has 1 amide bonds. The van der Waals surface area contributed by atoms with Gasteiger partial charge in [-0.3, -0.25) is 4.79 Å². The lowest BCUT2D eigenvalue weighted by Crippen LogP contribution is -2.11. The normalized spacial score (nSPS) is 13.8. The second kappa shape index (κ2) is 10.6. The molecule has 3 heterocycles. The van der Waals surface area contributed by atoms with Gasteiger partial charge in [0, 0.05) is 31.7 Å². The predicted octanol–water partition coefficient (Wildman–Crippen LogP) is 4.24. The molecular formula is C24H27FN6O5S. The smallest absolute Gasteiger partial charge is 0.286 e. The van der Waals surface area contributed by atoms with Crippen LogP contribution in [0.1, 0.15) is 40.4 Å². The van der Waals surface area contributed by atoms with Crippen molar-refractivity contribution >= 4 is 32.7 Å². The van der Waals surface area contributed by atoms with Crippen molar-refractivity contribution in [2.45, 2.75) is 26.9 Å². The molecule has 1 unspecified atom stereocenters. The quantitative estimate of drug-likeness (QED) is 0.337. The number of ether oxygens (including phenoxy) is 2. The first-order valence-electron chi connectivity index (χ1n) is 11.3. The van der Waals surface area contributed by atoms with Crippen LogP contribution in [0.25, 0.3) is 5.52 Å². The molecule has 0 saturated heterocycles. The molecule has 0 radical (unpaired) electrons.